The van der Waals surface area contributed by atoms with E-state index in [4.69, 9.17) is 4.42 Å². The highest BCUT2D eigenvalue weighted by atomic mass is 32.2. The van der Waals surface area contributed by atoms with Gasteiger partial charge in [0.2, 0.25) is 11.8 Å². The molecule has 0 aliphatic heterocycles. The molecule has 102 valence electrons. The predicted octanol–water partition coefficient (Wildman–Crippen LogP) is 2.06. The predicted molar refractivity (Wildman–Crippen MR) is 71.2 cm³/mol. The van der Waals surface area contributed by atoms with Gasteiger partial charge in [0.1, 0.15) is 5.75 Å². The van der Waals surface area contributed by atoms with Crippen molar-refractivity contribution in [2.24, 2.45) is 0 Å². The molecule has 0 saturated carbocycles. The molecule has 0 spiro atoms. The molecule has 0 atom stereocenters. The number of aryl methyl sites for hydroxylation is 2. The minimum atomic E-state index is -3.30. The van der Waals surface area contributed by atoms with Crippen molar-refractivity contribution in [3.05, 3.63) is 47.2 Å². The van der Waals surface area contributed by atoms with Crippen molar-refractivity contribution in [3.8, 4) is 0 Å². The third kappa shape index (κ3) is 3.64. The van der Waals surface area contributed by atoms with Crippen LogP contribution >= 0.6 is 0 Å². The van der Waals surface area contributed by atoms with Gasteiger partial charge in [-0.2, -0.15) is 0 Å². The largest absolute Gasteiger partial charge is 0.424 e. The lowest BCUT2D eigenvalue weighted by Gasteiger charge is -2.05. The van der Waals surface area contributed by atoms with Crippen molar-refractivity contribution in [1.29, 1.82) is 0 Å². The molecule has 0 aliphatic carbocycles. The summed E-state index contributed by atoms with van der Waals surface area (Å²) in [6, 6.07) is 7.43. The maximum Gasteiger partial charge on any atom is 0.231 e. The van der Waals surface area contributed by atoms with Gasteiger partial charge in [0, 0.05) is 6.42 Å². The first-order chi connectivity index (χ1) is 9.00. The van der Waals surface area contributed by atoms with Crippen LogP contribution in [0.3, 0.4) is 0 Å². The van der Waals surface area contributed by atoms with E-state index >= 15 is 0 Å². The number of hydrogen-bond donors (Lipinski definition) is 0. The average molecular weight is 280 g/mol. The van der Waals surface area contributed by atoms with E-state index in [0.717, 1.165) is 11.1 Å². The van der Waals surface area contributed by atoms with Crippen LogP contribution in [0.5, 0.6) is 0 Å². The highest BCUT2D eigenvalue weighted by Crippen LogP contribution is 2.15. The summed E-state index contributed by atoms with van der Waals surface area (Å²) in [5, 5.41) is 7.50. The second kappa shape index (κ2) is 5.52. The van der Waals surface area contributed by atoms with Gasteiger partial charge in [-0.15, -0.1) is 10.2 Å². The molecule has 0 aliphatic rings. The average Bonchev–Trinajstić information content (AvgIpc) is 2.78. The maximum absolute atomic E-state index is 12.1. The fourth-order valence-corrected chi connectivity index (χ4v) is 3.13. The number of nitrogens with zero attached hydrogens (tertiary/aromatic N) is 2. The van der Waals surface area contributed by atoms with Gasteiger partial charge in [0.15, 0.2) is 9.84 Å². The van der Waals surface area contributed by atoms with Crippen molar-refractivity contribution >= 4 is 9.84 Å². The molecule has 0 radical (unpaired) electrons. The van der Waals surface area contributed by atoms with E-state index in [2.05, 4.69) is 10.2 Å². The van der Waals surface area contributed by atoms with Crippen LogP contribution in [0.15, 0.2) is 28.7 Å². The van der Waals surface area contributed by atoms with Gasteiger partial charge in [-0.3, -0.25) is 0 Å². The zero-order valence-electron chi connectivity index (χ0n) is 11.0. The summed E-state index contributed by atoms with van der Waals surface area (Å²) in [6.45, 7) is 3.77. The summed E-state index contributed by atoms with van der Waals surface area (Å²) in [7, 11) is -3.30. The number of aromatic nitrogens is 2. The molecule has 0 fully saturated rings. The Morgan fingerprint density at radius 1 is 1.11 bits per heavy atom. The molecule has 5 nitrogen and oxygen atoms in total. The van der Waals surface area contributed by atoms with Crippen molar-refractivity contribution in [3.63, 3.8) is 0 Å². The van der Waals surface area contributed by atoms with Crippen LogP contribution in [0.4, 0.5) is 0 Å². The molecule has 6 heteroatoms. The summed E-state index contributed by atoms with van der Waals surface area (Å²) in [4.78, 5) is 0. The molecule has 2 aromatic rings. The molecular weight excluding hydrogens is 264 g/mol. The third-order valence-electron chi connectivity index (χ3n) is 2.79. The van der Waals surface area contributed by atoms with E-state index in [1.54, 1.807) is 0 Å². The maximum atomic E-state index is 12.1. The van der Waals surface area contributed by atoms with Gasteiger partial charge in [0.25, 0.3) is 0 Å². The highest BCUT2D eigenvalue weighted by molar-refractivity contribution is 7.89. The van der Waals surface area contributed by atoms with Gasteiger partial charge in [-0.25, -0.2) is 8.42 Å². The minimum Gasteiger partial charge on any atom is -0.424 e. The summed E-state index contributed by atoms with van der Waals surface area (Å²) >= 11 is 0. The summed E-state index contributed by atoms with van der Waals surface area (Å²) in [5.41, 5.74) is 1.77. The van der Waals surface area contributed by atoms with E-state index in [0.29, 0.717) is 12.3 Å². The Morgan fingerprint density at radius 3 is 2.42 bits per heavy atom. The highest BCUT2D eigenvalue weighted by Gasteiger charge is 2.18. The number of rotatable bonds is 5. The van der Waals surface area contributed by atoms with Gasteiger partial charge in [0.05, 0.1) is 5.75 Å². The smallest absolute Gasteiger partial charge is 0.231 e. The Kier molecular flexibility index (Phi) is 3.99. The van der Waals surface area contributed by atoms with Crippen LogP contribution in [0, 0.1) is 6.92 Å². The van der Waals surface area contributed by atoms with E-state index in [-0.39, 0.29) is 17.4 Å². The van der Waals surface area contributed by atoms with Crippen LogP contribution in [0.2, 0.25) is 0 Å². The minimum absolute atomic E-state index is 0.0104. The summed E-state index contributed by atoms with van der Waals surface area (Å²) < 4.78 is 29.4. The second-order valence-electron chi connectivity index (χ2n) is 4.40. The molecule has 0 N–H and O–H groups in total. The molecule has 0 bridgehead atoms. The molecule has 0 amide bonds. The third-order valence-corrected chi connectivity index (χ3v) is 4.23. The molecular formula is C13H16N2O3S. The van der Waals surface area contributed by atoms with Crippen LogP contribution in [-0.4, -0.2) is 18.6 Å². The van der Waals surface area contributed by atoms with Crippen molar-refractivity contribution in [2.45, 2.75) is 31.8 Å². The standard InChI is InChI=1S/C13H16N2O3S/c1-3-12-14-15-13(18-12)9-19(16,17)8-11-7-5-4-6-10(11)2/h4-7H,3,8-9H2,1-2H3. The van der Waals surface area contributed by atoms with E-state index in [1.165, 1.54) is 0 Å². The zero-order chi connectivity index (χ0) is 13.9. The lowest BCUT2D eigenvalue weighted by atomic mass is 10.1. The van der Waals surface area contributed by atoms with Crippen LogP contribution in [-0.2, 0) is 27.8 Å². The quantitative estimate of drug-likeness (QED) is 0.838. The number of sulfone groups is 1. The van der Waals surface area contributed by atoms with Gasteiger partial charge >= 0.3 is 0 Å². The van der Waals surface area contributed by atoms with Crippen LogP contribution in [0.1, 0.15) is 29.8 Å². The van der Waals surface area contributed by atoms with Crippen LogP contribution < -0.4 is 0 Å². The SMILES string of the molecule is CCc1nnc(CS(=O)(=O)Cc2ccccc2C)o1. The fourth-order valence-electron chi connectivity index (χ4n) is 1.74. The second-order valence-corrected chi connectivity index (χ2v) is 6.47. The van der Waals surface area contributed by atoms with E-state index < -0.39 is 9.84 Å². The first-order valence-electron chi connectivity index (χ1n) is 6.06. The Hall–Kier alpha value is -1.69. The van der Waals surface area contributed by atoms with Crippen molar-refractivity contribution < 1.29 is 12.8 Å². The van der Waals surface area contributed by atoms with E-state index in [1.807, 2.05) is 38.1 Å². The molecule has 1 aromatic carbocycles. The van der Waals surface area contributed by atoms with Gasteiger partial charge in [-0.05, 0) is 18.1 Å². The first kappa shape index (κ1) is 13.7. The fraction of sp³-hybridized carbons (Fsp3) is 0.385. The zero-order valence-corrected chi connectivity index (χ0v) is 11.8. The van der Waals surface area contributed by atoms with Crippen molar-refractivity contribution in [2.75, 3.05) is 0 Å². The molecule has 0 saturated heterocycles. The summed E-state index contributed by atoms with van der Waals surface area (Å²) in [5.74, 6) is 0.393. The Balaban J connectivity index is 2.13. The monoisotopic (exact) mass is 280 g/mol. The molecule has 1 aromatic heterocycles. The lowest BCUT2D eigenvalue weighted by molar-refractivity contribution is 0.465. The first-order valence-corrected chi connectivity index (χ1v) is 7.88. The molecule has 2 rings (SSSR count). The Labute approximate surface area is 112 Å². The van der Waals surface area contributed by atoms with Crippen molar-refractivity contribution in [1.82, 2.24) is 10.2 Å². The lowest BCUT2D eigenvalue weighted by Crippen LogP contribution is -2.08. The van der Waals surface area contributed by atoms with Crippen LogP contribution in [0.25, 0.3) is 0 Å². The number of benzene rings is 1. The van der Waals surface area contributed by atoms with E-state index in [9.17, 15) is 8.42 Å². The van der Waals surface area contributed by atoms with Gasteiger partial charge in [-0.1, -0.05) is 31.2 Å². The van der Waals surface area contributed by atoms with Gasteiger partial charge < -0.3 is 4.42 Å². The normalized spacial score (nSPS) is 11.7. The topological polar surface area (TPSA) is 73.1 Å². The molecule has 1 heterocycles. The Bertz CT molecular complexity index is 662. The Morgan fingerprint density at radius 2 is 1.79 bits per heavy atom. The molecule has 0 unspecified atom stereocenters. The summed E-state index contributed by atoms with van der Waals surface area (Å²) in [6.07, 6.45) is 0.602. The molecule has 19 heavy (non-hydrogen) atoms. The number of hydrogen-bond acceptors (Lipinski definition) is 5.